The highest BCUT2D eigenvalue weighted by Gasteiger charge is 2.21. The summed E-state index contributed by atoms with van der Waals surface area (Å²) in [5.41, 5.74) is 1.81. The molecule has 0 aromatic heterocycles. The number of benzene rings is 2. The van der Waals surface area contributed by atoms with E-state index in [2.05, 4.69) is 10.0 Å². The Kier molecular flexibility index (Phi) is 9.03. The van der Waals surface area contributed by atoms with Gasteiger partial charge in [-0.3, -0.25) is 9.59 Å². The van der Waals surface area contributed by atoms with Gasteiger partial charge < -0.3 is 10.1 Å². The van der Waals surface area contributed by atoms with Crippen LogP contribution in [0.2, 0.25) is 5.02 Å². The summed E-state index contributed by atoms with van der Waals surface area (Å²) < 4.78 is 32.3. The first-order valence-corrected chi connectivity index (χ1v) is 11.7. The van der Waals surface area contributed by atoms with Gasteiger partial charge in [0.25, 0.3) is 0 Å². The SMILES string of the molecule is Cc1ccc(C(CC(=O)OC(C)C)NC(=O)CCNS(=O)(=O)c2ccccc2Cl)cc1. The Hall–Kier alpha value is -2.42. The molecule has 0 bridgehead atoms. The highest BCUT2D eigenvalue weighted by Crippen LogP contribution is 2.21. The summed E-state index contributed by atoms with van der Waals surface area (Å²) in [5, 5.41) is 2.89. The monoisotopic (exact) mass is 466 g/mol. The van der Waals surface area contributed by atoms with Gasteiger partial charge in [-0.05, 0) is 38.5 Å². The average Bonchev–Trinajstić information content (AvgIpc) is 2.67. The Bertz CT molecular complexity index is 1010. The summed E-state index contributed by atoms with van der Waals surface area (Å²) in [5.74, 6) is -0.829. The van der Waals surface area contributed by atoms with Crippen molar-refractivity contribution >= 4 is 33.5 Å². The first kappa shape index (κ1) is 24.8. The molecule has 0 aliphatic rings. The van der Waals surface area contributed by atoms with Crippen molar-refractivity contribution in [2.24, 2.45) is 0 Å². The molecule has 168 valence electrons. The Balaban J connectivity index is 2.00. The molecule has 0 fully saturated rings. The minimum absolute atomic E-state index is 0.0294. The first-order chi connectivity index (χ1) is 14.6. The van der Waals surface area contributed by atoms with Crippen LogP contribution < -0.4 is 10.0 Å². The molecule has 2 N–H and O–H groups in total. The van der Waals surface area contributed by atoms with Gasteiger partial charge in [-0.1, -0.05) is 53.6 Å². The maximum atomic E-state index is 12.5. The standard InChI is InChI=1S/C22H27ClN2O5S/c1-15(2)30-22(27)14-19(17-10-8-16(3)9-11-17)25-21(26)12-13-24-31(28,29)20-7-5-4-6-18(20)23/h4-11,15,19,24H,12-14H2,1-3H3,(H,25,26). The van der Waals surface area contributed by atoms with Gasteiger partial charge in [-0.2, -0.15) is 0 Å². The molecule has 1 amide bonds. The lowest BCUT2D eigenvalue weighted by atomic mass is 10.0. The number of hydrogen-bond acceptors (Lipinski definition) is 5. The second kappa shape index (κ2) is 11.3. The zero-order chi connectivity index (χ0) is 23.0. The molecule has 1 atom stereocenters. The van der Waals surface area contributed by atoms with Crippen LogP contribution in [0.1, 0.15) is 43.9 Å². The summed E-state index contributed by atoms with van der Waals surface area (Å²) in [7, 11) is -3.84. The molecule has 2 rings (SSSR count). The maximum Gasteiger partial charge on any atom is 0.308 e. The van der Waals surface area contributed by atoms with Gasteiger partial charge in [-0.25, -0.2) is 13.1 Å². The lowest BCUT2D eigenvalue weighted by molar-refractivity contribution is -0.148. The van der Waals surface area contributed by atoms with Crippen molar-refractivity contribution in [1.29, 1.82) is 0 Å². The van der Waals surface area contributed by atoms with E-state index in [1.54, 1.807) is 26.0 Å². The van der Waals surface area contributed by atoms with E-state index in [4.69, 9.17) is 16.3 Å². The van der Waals surface area contributed by atoms with E-state index >= 15 is 0 Å². The van der Waals surface area contributed by atoms with Crippen LogP contribution in [0.3, 0.4) is 0 Å². The molecule has 2 aromatic rings. The normalized spacial score (nSPS) is 12.4. The summed E-state index contributed by atoms with van der Waals surface area (Å²) in [6.07, 6.45) is -0.398. The van der Waals surface area contributed by atoms with Gasteiger partial charge in [0.15, 0.2) is 0 Å². The van der Waals surface area contributed by atoms with Crippen LogP contribution in [0.15, 0.2) is 53.4 Å². The third-order valence-electron chi connectivity index (χ3n) is 4.32. The van der Waals surface area contributed by atoms with Crippen LogP contribution in [-0.2, 0) is 24.3 Å². The Morgan fingerprint density at radius 1 is 1.06 bits per heavy atom. The molecule has 31 heavy (non-hydrogen) atoms. The number of ether oxygens (including phenoxy) is 1. The van der Waals surface area contributed by atoms with Crippen molar-refractivity contribution in [2.75, 3.05) is 6.54 Å². The predicted molar refractivity (Wildman–Crippen MR) is 119 cm³/mol. The molecule has 2 aromatic carbocycles. The number of esters is 1. The summed E-state index contributed by atoms with van der Waals surface area (Å²) in [6, 6.07) is 12.9. The van der Waals surface area contributed by atoms with E-state index in [0.29, 0.717) is 0 Å². The fourth-order valence-electron chi connectivity index (χ4n) is 2.83. The van der Waals surface area contributed by atoms with Gasteiger partial charge in [0, 0.05) is 13.0 Å². The second-order valence-electron chi connectivity index (χ2n) is 7.35. The van der Waals surface area contributed by atoms with Crippen LogP contribution in [0, 0.1) is 6.92 Å². The number of amides is 1. The molecule has 1 unspecified atom stereocenters. The molecule has 0 saturated heterocycles. The highest BCUT2D eigenvalue weighted by molar-refractivity contribution is 7.89. The number of rotatable bonds is 10. The summed E-state index contributed by atoms with van der Waals surface area (Å²) in [6.45, 7) is 5.33. The topological polar surface area (TPSA) is 102 Å². The van der Waals surface area contributed by atoms with Crippen molar-refractivity contribution in [3.8, 4) is 0 Å². The van der Waals surface area contributed by atoms with E-state index in [1.165, 1.54) is 12.1 Å². The molecule has 0 heterocycles. The molecule has 0 radical (unpaired) electrons. The Morgan fingerprint density at radius 2 is 1.71 bits per heavy atom. The van der Waals surface area contributed by atoms with Crippen molar-refractivity contribution in [3.05, 3.63) is 64.7 Å². The molecular weight excluding hydrogens is 440 g/mol. The lowest BCUT2D eigenvalue weighted by Gasteiger charge is -2.20. The van der Waals surface area contributed by atoms with Crippen molar-refractivity contribution < 1.29 is 22.7 Å². The van der Waals surface area contributed by atoms with E-state index in [0.717, 1.165) is 11.1 Å². The number of halogens is 1. The molecule has 0 saturated carbocycles. The van der Waals surface area contributed by atoms with Gasteiger partial charge >= 0.3 is 5.97 Å². The minimum atomic E-state index is -3.84. The number of aryl methyl sites for hydroxylation is 1. The zero-order valence-corrected chi connectivity index (χ0v) is 19.3. The van der Waals surface area contributed by atoms with E-state index in [-0.39, 0.29) is 35.4 Å². The van der Waals surface area contributed by atoms with E-state index in [1.807, 2.05) is 31.2 Å². The lowest BCUT2D eigenvalue weighted by Crippen LogP contribution is -2.34. The third kappa shape index (κ3) is 7.97. The highest BCUT2D eigenvalue weighted by atomic mass is 35.5. The number of carbonyl (C=O) groups excluding carboxylic acids is 2. The van der Waals surface area contributed by atoms with Gasteiger partial charge in [0.1, 0.15) is 4.90 Å². The molecule has 0 aliphatic carbocycles. The molecule has 7 nitrogen and oxygen atoms in total. The smallest absolute Gasteiger partial charge is 0.308 e. The number of nitrogens with one attached hydrogen (secondary N) is 2. The van der Waals surface area contributed by atoms with Crippen molar-refractivity contribution in [3.63, 3.8) is 0 Å². The fourth-order valence-corrected chi connectivity index (χ4v) is 4.38. The number of carbonyl (C=O) groups is 2. The second-order valence-corrected chi connectivity index (χ2v) is 9.49. The van der Waals surface area contributed by atoms with Crippen molar-refractivity contribution in [1.82, 2.24) is 10.0 Å². The van der Waals surface area contributed by atoms with Crippen LogP contribution in [0.25, 0.3) is 0 Å². The molecular formula is C22H27ClN2O5S. The Morgan fingerprint density at radius 3 is 2.32 bits per heavy atom. The molecule has 0 aliphatic heterocycles. The number of sulfonamides is 1. The minimum Gasteiger partial charge on any atom is -0.463 e. The first-order valence-electron chi connectivity index (χ1n) is 9.88. The predicted octanol–water partition coefficient (Wildman–Crippen LogP) is 3.52. The van der Waals surface area contributed by atoms with Crippen molar-refractivity contribution in [2.45, 2.75) is 50.7 Å². The van der Waals surface area contributed by atoms with Gasteiger partial charge in [-0.15, -0.1) is 0 Å². The summed E-state index contributed by atoms with van der Waals surface area (Å²) in [4.78, 5) is 24.6. The third-order valence-corrected chi connectivity index (χ3v) is 6.28. The zero-order valence-electron chi connectivity index (χ0n) is 17.7. The number of hydrogen-bond donors (Lipinski definition) is 2. The fraction of sp³-hybridized carbons (Fsp3) is 0.364. The van der Waals surface area contributed by atoms with Crippen LogP contribution in [-0.4, -0.2) is 32.9 Å². The van der Waals surface area contributed by atoms with E-state index in [9.17, 15) is 18.0 Å². The molecule has 0 spiro atoms. The quantitative estimate of drug-likeness (QED) is 0.521. The van der Waals surface area contributed by atoms with Gasteiger partial charge in [0.05, 0.1) is 23.6 Å². The van der Waals surface area contributed by atoms with Crippen LogP contribution >= 0.6 is 11.6 Å². The largest absolute Gasteiger partial charge is 0.463 e. The average molecular weight is 467 g/mol. The maximum absolute atomic E-state index is 12.5. The van der Waals surface area contributed by atoms with Gasteiger partial charge in [0.2, 0.25) is 15.9 Å². The Labute approximate surface area is 188 Å². The van der Waals surface area contributed by atoms with Crippen LogP contribution in [0.5, 0.6) is 0 Å². The molecule has 9 heteroatoms. The summed E-state index contributed by atoms with van der Waals surface area (Å²) >= 11 is 5.94. The van der Waals surface area contributed by atoms with E-state index < -0.39 is 27.9 Å². The van der Waals surface area contributed by atoms with Crippen LogP contribution in [0.4, 0.5) is 0 Å².